The van der Waals surface area contributed by atoms with Gasteiger partial charge in [-0.15, -0.1) is 0 Å². The summed E-state index contributed by atoms with van der Waals surface area (Å²) in [4.78, 5) is 29.9. The van der Waals surface area contributed by atoms with Crippen molar-refractivity contribution < 1.29 is 19.1 Å². The van der Waals surface area contributed by atoms with E-state index in [4.69, 9.17) is 21.1 Å². The molecule has 0 saturated heterocycles. The smallest absolute Gasteiger partial charge is 0.232 e. The van der Waals surface area contributed by atoms with Gasteiger partial charge in [-0.25, -0.2) is 0 Å². The third kappa shape index (κ3) is 4.88. The lowest BCUT2D eigenvalue weighted by molar-refractivity contribution is -0.119. The number of anilines is 2. The number of rotatable bonds is 5. The van der Waals surface area contributed by atoms with Gasteiger partial charge in [-0.05, 0) is 53.8 Å². The minimum atomic E-state index is -0.689. The average Bonchev–Trinajstić information content (AvgIpc) is 3.03. The van der Waals surface area contributed by atoms with Gasteiger partial charge in [-0.2, -0.15) is 0 Å². The van der Waals surface area contributed by atoms with Crippen LogP contribution in [0.4, 0.5) is 11.4 Å². The van der Waals surface area contributed by atoms with Crippen LogP contribution in [0.2, 0.25) is 5.02 Å². The zero-order valence-corrected chi connectivity index (χ0v) is 22.8. The number of hydrogen-bond donors (Lipinski definition) is 1. The van der Waals surface area contributed by atoms with Crippen molar-refractivity contribution in [2.45, 2.75) is 39.2 Å². The van der Waals surface area contributed by atoms with Gasteiger partial charge in [0.05, 0.1) is 38.1 Å². The Balaban J connectivity index is 1.75. The first kappa shape index (κ1) is 25.9. The van der Waals surface area contributed by atoms with Gasteiger partial charge in [0.2, 0.25) is 5.91 Å². The van der Waals surface area contributed by atoms with Crippen molar-refractivity contribution in [3.05, 3.63) is 94.1 Å². The molecule has 3 aromatic carbocycles. The predicted octanol–water partition coefficient (Wildman–Crippen LogP) is 6.74. The maximum absolute atomic E-state index is 14.2. The third-order valence-corrected chi connectivity index (χ3v) is 7.43. The van der Waals surface area contributed by atoms with Crippen molar-refractivity contribution in [2.75, 3.05) is 24.4 Å². The minimum Gasteiger partial charge on any atom is -0.497 e. The van der Waals surface area contributed by atoms with Crippen LogP contribution in [-0.2, 0) is 16.0 Å². The monoisotopic (exact) mass is 530 g/mol. The molecule has 0 spiro atoms. The van der Waals surface area contributed by atoms with Gasteiger partial charge in [-0.3, -0.25) is 14.5 Å². The van der Waals surface area contributed by atoms with Crippen LogP contribution in [0.3, 0.4) is 0 Å². The molecule has 38 heavy (non-hydrogen) atoms. The van der Waals surface area contributed by atoms with E-state index in [1.54, 1.807) is 37.3 Å². The first-order valence-corrected chi connectivity index (χ1v) is 13.0. The molecule has 3 aromatic rings. The first-order chi connectivity index (χ1) is 18.2. The van der Waals surface area contributed by atoms with Crippen molar-refractivity contribution in [3.63, 3.8) is 0 Å². The lowest BCUT2D eigenvalue weighted by atomic mass is 9.73. The molecule has 1 unspecified atom stereocenters. The topological polar surface area (TPSA) is 67.9 Å². The molecule has 1 aliphatic carbocycles. The zero-order valence-electron chi connectivity index (χ0n) is 22.0. The number of benzene rings is 3. The van der Waals surface area contributed by atoms with Crippen LogP contribution in [0.15, 0.2) is 78.0 Å². The van der Waals surface area contributed by atoms with Gasteiger partial charge in [0.25, 0.3) is 0 Å². The van der Waals surface area contributed by atoms with E-state index in [9.17, 15) is 9.59 Å². The number of hydrogen-bond acceptors (Lipinski definition) is 5. The van der Waals surface area contributed by atoms with Gasteiger partial charge in [0, 0.05) is 34.3 Å². The quantitative estimate of drug-likeness (QED) is 0.395. The SMILES string of the molecule is COc1ccc(C2C3=C(CC(C)(C)CC3=O)Nc3ccccc3N2C(=O)Cc2ccc(Cl)cc2)c(OC)c1. The van der Waals surface area contributed by atoms with E-state index in [-0.39, 0.29) is 23.5 Å². The van der Waals surface area contributed by atoms with Crippen LogP contribution in [0, 0.1) is 5.41 Å². The highest BCUT2D eigenvalue weighted by Crippen LogP contribution is 2.50. The van der Waals surface area contributed by atoms with Crippen LogP contribution >= 0.6 is 11.6 Å². The maximum Gasteiger partial charge on any atom is 0.232 e. The number of carbonyl (C=O) groups excluding carboxylic acids is 2. The average molecular weight is 531 g/mol. The number of methoxy groups -OCH3 is 2. The minimum absolute atomic E-state index is 0.0173. The molecular weight excluding hydrogens is 500 g/mol. The highest BCUT2D eigenvalue weighted by molar-refractivity contribution is 6.30. The van der Waals surface area contributed by atoms with Gasteiger partial charge in [0.15, 0.2) is 5.78 Å². The molecule has 6 nitrogen and oxygen atoms in total. The number of carbonyl (C=O) groups is 2. The van der Waals surface area contributed by atoms with Crippen LogP contribution in [0.1, 0.15) is 43.9 Å². The molecule has 196 valence electrons. The second kappa shape index (κ2) is 10.2. The number of amides is 1. The molecule has 0 saturated carbocycles. The number of allylic oxidation sites excluding steroid dienone is 1. The molecule has 2 aliphatic rings. The zero-order chi connectivity index (χ0) is 27.0. The number of fused-ring (bicyclic) bond motifs is 1. The molecular formula is C31H31ClN2O4. The van der Waals surface area contributed by atoms with Crippen LogP contribution in [0.25, 0.3) is 0 Å². The summed E-state index contributed by atoms with van der Waals surface area (Å²) in [6.07, 6.45) is 1.21. The Morgan fingerprint density at radius 3 is 2.47 bits per heavy atom. The molecule has 0 bridgehead atoms. The summed E-state index contributed by atoms with van der Waals surface area (Å²) in [5.41, 5.74) is 4.25. The molecule has 5 rings (SSSR count). The fraction of sp³-hybridized carbons (Fsp3) is 0.290. The highest BCUT2D eigenvalue weighted by atomic mass is 35.5. The molecule has 0 fully saturated rings. The normalized spacial score (nSPS) is 18.2. The number of ketones is 1. The largest absolute Gasteiger partial charge is 0.497 e. The van der Waals surface area contributed by atoms with E-state index in [1.165, 1.54) is 0 Å². The summed E-state index contributed by atoms with van der Waals surface area (Å²) in [5, 5.41) is 4.15. The lowest BCUT2D eigenvalue weighted by Crippen LogP contribution is -2.40. The van der Waals surface area contributed by atoms with Crippen LogP contribution in [0.5, 0.6) is 11.5 Å². The molecule has 1 N–H and O–H groups in total. The maximum atomic E-state index is 14.2. The number of nitrogens with zero attached hydrogens (tertiary/aromatic N) is 1. The van der Waals surface area contributed by atoms with Gasteiger partial charge in [-0.1, -0.05) is 49.7 Å². The number of ether oxygens (including phenoxy) is 2. The summed E-state index contributed by atoms with van der Waals surface area (Å²) < 4.78 is 11.2. The van der Waals surface area contributed by atoms with Crippen molar-refractivity contribution in [3.8, 4) is 11.5 Å². The van der Waals surface area contributed by atoms with E-state index in [0.717, 1.165) is 22.5 Å². The Morgan fingerprint density at radius 2 is 1.76 bits per heavy atom. The Morgan fingerprint density at radius 1 is 1.03 bits per heavy atom. The number of para-hydroxylation sites is 2. The predicted molar refractivity (Wildman–Crippen MR) is 150 cm³/mol. The summed E-state index contributed by atoms with van der Waals surface area (Å²) in [5.74, 6) is 1.05. The number of Topliss-reactive ketones (excluding diaryl/α,β-unsaturated/α-hetero) is 1. The Labute approximate surface area is 228 Å². The summed E-state index contributed by atoms with van der Waals surface area (Å²) in [7, 11) is 3.18. The summed E-state index contributed by atoms with van der Waals surface area (Å²) in [6.45, 7) is 4.19. The third-order valence-electron chi connectivity index (χ3n) is 7.17. The Kier molecular flexibility index (Phi) is 6.93. The number of nitrogens with one attached hydrogen (secondary N) is 1. The summed E-state index contributed by atoms with van der Waals surface area (Å²) >= 11 is 6.09. The van der Waals surface area contributed by atoms with E-state index in [0.29, 0.717) is 40.6 Å². The number of halogens is 1. The van der Waals surface area contributed by atoms with E-state index >= 15 is 0 Å². The molecule has 0 radical (unpaired) electrons. The van der Waals surface area contributed by atoms with Crippen molar-refractivity contribution in [1.29, 1.82) is 0 Å². The van der Waals surface area contributed by atoms with Crippen molar-refractivity contribution in [2.24, 2.45) is 5.41 Å². The first-order valence-electron chi connectivity index (χ1n) is 12.6. The van der Waals surface area contributed by atoms with Crippen LogP contribution < -0.4 is 19.7 Å². The van der Waals surface area contributed by atoms with Gasteiger partial charge < -0.3 is 14.8 Å². The van der Waals surface area contributed by atoms with Crippen molar-refractivity contribution >= 4 is 34.7 Å². The Bertz CT molecular complexity index is 1430. The van der Waals surface area contributed by atoms with E-state index in [1.807, 2.05) is 48.5 Å². The molecule has 7 heteroatoms. The lowest BCUT2D eigenvalue weighted by Gasteiger charge is -2.37. The van der Waals surface area contributed by atoms with E-state index in [2.05, 4.69) is 19.2 Å². The van der Waals surface area contributed by atoms with Gasteiger partial charge in [0.1, 0.15) is 11.5 Å². The second-order valence-electron chi connectivity index (χ2n) is 10.6. The molecule has 1 heterocycles. The van der Waals surface area contributed by atoms with Gasteiger partial charge >= 0.3 is 0 Å². The van der Waals surface area contributed by atoms with Crippen molar-refractivity contribution in [1.82, 2.24) is 0 Å². The molecule has 1 amide bonds. The molecule has 0 aromatic heterocycles. The fourth-order valence-corrected chi connectivity index (χ4v) is 5.59. The molecule has 1 atom stereocenters. The summed E-state index contributed by atoms with van der Waals surface area (Å²) in [6, 6.07) is 19.8. The fourth-order valence-electron chi connectivity index (χ4n) is 5.46. The molecule has 1 aliphatic heterocycles. The Hall–Kier alpha value is -3.77. The van der Waals surface area contributed by atoms with Crippen LogP contribution in [-0.4, -0.2) is 25.9 Å². The highest BCUT2D eigenvalue weighted by Gasteiger charge is 2.44. The standard InChI is InChI=1S/C31H31ClN2O4/c1-31(2)17-24-29(26(35)18-31)30(22-14-13-21(37-3)16-27(22)38-4)34(25-8-6-5-7-23(25)33-24)28(36)15-19-9-11-20(32)12-10-19/h5-14,16,30,33H,15,17-18H2,1-4H3. The van der Waals surface area contributed by atoms with E-state index < -0.39 is 6.04 Å². The second-order valence-corrected chi connectivity index (χ2v) is 11.0.